The van der Waals surface area contributed by atoms with Crippen molar-refractivity contribution in [3.8, 4) is 44.5 Å². The molecule has 0 spiro atoms. The Labute approximate surface area is 372 Å². The topological polar surface area (TPSA) is 3.24 Å². The minimum atomic E-state index is -0.572. The van der Waals surface area contributed by atoms with Gasteiger partial charge in [-0.05, 0) is 110 Å². The molecule has 296 valence electrons. The molecule has 0 saturated heterocycles. The summed E-state index contributed by atoms with van der Waals surface area (Å²) in [7, 11) is 0. The summed E-state index contributed by atoms with van der Waals surface area (Å²) in [4.78, 5) is 2.46. The molecule has 0 saturated carbocycles. The maximum atomic E-state index is 2.50. The minimum Gasteiger partial charge on any atom is -0.310 e. The second-order valence-electron chi connectivity index (χ2n) is 16.4. The van der Waals surface area contributed by atoms with Crippen LogP contribution in [0.15, 0.2) is 249 Å². The zero-order chi connectivity index (χ0) is 41.7. The molecule has 1 heterocycles. The molecular formula is C61H41NS. The third kappa shape index (κ3) is 6.14. The van der Waals surface area contributed by atoms with Crippen molar-refractivity contribution < 1.29 is 0 Å². The Morgan fingerprint density at radius 2 is 0.810 bits per heavy atom. The Morgan fingerprint density at radius 3 is 1.40 bits per heavy atom. The predicted octanol–water partition coefficient (Wildman–Crippen LogP) is 16.9. The molecule has 1 aliphatic rings. The van der Waals surface area contributed by atoms with Crippen molar-refractivity contribution in [1.82, 2.24) is 0 Å². The molecule has 0 unspecified atom stereocenters. The van der Waals surface area contributed by atoms with E-state index in [2.05, 4.69) is 254 Å². The average molecular weight is 820 g/mol. The van der Waals surface area contributed by atoms with Crippen LogP contribution >= 0.6 is 11.3 Å². The van der Waals surface area contributed by atoms with Crippen molar-refractivity contribution in [2.24, 2.45) is 0 Å². The van der Waals surface area contributed by atoms with Crippen molar-refractivity contribution >= 4 is 48.6 Å². The number of thiophene rings is 1. The monoisotopic (exact) mass is 819 g/mol. The van der Waals surface area contributed by atoms with Gasteiger partial charge in [-0.25, -0.2) is 0 Å². The molecule has 0 bridgehead atoms. The summed E-state index contributed by atoms with van der Waals surface area (Å²) in [5, 5.41) is 2.63. The Balaban J connectivity index is 1.15. The Morgan fingerprint density at radius 1 is 0.317 bits per heavy atom. The average Bonchev–Trinajstić information content (AvgIpc) is 3.89. The summed E-state index contributed by atoms with van der Waals surface area (Å²) >= 11 is 1.91. The summed E-state index contributed by atoms with van der Waals surface area (Å²) in [5.74, 6) is 0. The Hall–Kier alpha value is -7.78. The summed E-state index contributed by atoms with van der Waals surface area (Å²) < 4.78 is 2.65. The van der Waals surface area contributed by atoms with Gasteiger partial charge >= 0.3 is 0 Å². The van der Waals surface area contributed by atoms with Crippen LogP contribution in [0.1, 0.15) is 22.3 Å². The molecule has 10 aromatic carbocycles. The minimum absolute atomic E-state index is 0.572. The van der Waals surface area contributed by atoms with Gasteiger partial charge in [0.15, 0.2) is 0 Å². The first-order valence-electron chi connectivity index (χ1n) is 21.7. The molecule has 0 N–H and O–H groups in total. The zero-order valence-electron chi connectivity index (χ0n) is 34.5. The van der Waals surface area contributed by atoms with Crippen LogP contribution in [0.25, 0.3) is 64.7 Å². The molecule has 1 aromatic heterocycles. The standard InChI is InChI=1S/C61H41NS/c1-6-18-42(19-7-1)45-30-32-50(33-31-45)62(52-39-46(43-20-8-2-9-21-43)38-47(40-52)44-22-10-3-11-23-44)51-34-35-55-57(41-51)61(48-24-12-4-13-25-48,49-26-14-5-15-27-49)56-37-36-54-53-28-16-17-29-58(53)63-60(54)59(55)56/h1-41H. The number of nitrogens with zero attached hydrogens (tertiary/aromatic N) is 1. The maximum absolute atomic E-state index is 2.50. The lowest BCUT2D eigenvalue weighted by atomic mass is 9.67. The van der Waals surface area contributed by atoms with Crippen LogP contribution in [0.4, 0.5) is 17.1 Å². The fraction of sp³-hybridized carbons (Fsp3) is 0.0164. The number of rotatable bonds is 8. The molecule has 0 amide bonds. The molecule has 0 radical (unpaired) electrons. The molecule has 0 aliphatic heterocycles. The first-order chi connectivity index (χ1) is 31.2. The molecule has 2 heteroatoms. The second kappa shape index (κ2) is 15.3. The molecular weight excluding hydrogens is 779 g/mol. The van der Waals surface area contributed by atoms with Gasteiger partial charge in [-0.15, -0.1) is 11.3 Å². The maximum Gasteiger partial charge on any atom is 0.0714 e. The van der Waals surface area contributed by atoms with Crippen LogP contribution in [0.3, 0.4) is 0 Å². The second-order valence-corrected chi connectivity index (χ2v) is 17.5. The lowest BCUT2D eigenvalue weighted by molar-refractivity contribution is 0.769. The number of hydrogen-bond acceptors (Lipinski definition) is 2. The highest BCUT2D eigenvalue weighted by atomic mass is 32.1. The summed E-state index contributed by atoms with van der Waals surface area (Å²) in [5.41, 5.74) is 17.5. The molecule has 0 atom stereocenters. The first kappa shape index (κ1) is 37.0. The van der Waals surface area contributed by atoms with Crippen LogP contribution in [0.2, 0.25) is 0 Å². The Kier molecular flexibility index (Phi) is 8.98. The summed E-state index contributed by atoms with van der Waals surface area (Å²) in [6.07, 6.45) is 0. The van der Waals surface area contributed by atoms with Crippen molar-refractivity contribution in [1.29, 1.82) is 0 Å². The fourth-order valence-electron chi connectivity index (χ4n) is 10.1. The fourth-order valence-corrected chi connectivity index (χ4v) is 11.4. The van der Waals surface area contributed by atoms with E-state index in [1.807, 2.05) is 11.3 Å². The molecule has 1 nitrogen and oxygen atoms in total. The van der Waals surface area contributed by atoms with E-state index < -0.39 is 5.41 Å². The highest BCUT2D eigenvalue weighted by Gasteiger charge is 2.47. The lowest BCUT2D eigenvalue weighted by Gasteiger charge is -2.35. The zero-order valence-corrected chi connectivity index (χ0v) is 35.3. The van der Waals surface area contributed by atoms with Gasteiger partial charge in [0.2, 0.25) is 0 Å². The highest BCUT2D eigenvalue weighted by Crippen LogP contribution is 2.60. The van der Waals surface area contributed by atoms with Gasteiger partial charge in [0.05, 0.1) is 5.41 Å². The van der Waals surface area contributed by atoms with Crippen LogP contribution in [-0.4, -0.2) is 0 Å². The van der Waals surface area contributed by atoms with Gasteiger partial charge in [-0.1, -0.05) is 200 Å². The number of benzene rings is 10. The largest absolute Gasteiger partial charge is 0.310 e. The molecule has 0 fully saturated rings. The normalized spacial score (nSPS) is 12.6. The van der Waals surface area contributed by atoms with Gasteiger partial charge in [0.25, 0.3) is 0 Å². The van der Waals surface area contributed by atoms with E-state index in [9.17, 15) is 0 Å². The van der Waals surface area contributed by atoms with E-state index in [1.54, 1.807) is 0 Å². The van der Waals surface area contributed by atoms with Crippen molar-refractivity contribution in [2.45, 2.75) is 5.41 Å². The van der Waals surface area contributed by atoms with E-state index in [0.29, 0.717) is 0 Å². The summed E-state index contributed by atoms with van der Waals surface area (Å²) in [6, 6.07) is 91.6. The van der Waals surface area contributed by atoms with E-state index in [4.69, 9.17) is 0 Å². The molecule has 63 heavy (non-hydrogen) atoms. The summed E-state index contributed by atoms with van der Waals surface area (Å²) in [6.45, 7) is 0. The van der Waals surface area contributed by atoms with E-state index >= 15 is 0 Å². The quantitative estimate of drug-likeness (QED) is 0.148. The van der Waals surface area contributed by atoms with Crippen molar-refractivity contribution in [3.05, 3.63) is 271 Å². The van der Waals surface area contributed by atoms with Gasteiger partial charge < -0.3 is 4.90 Å². The third-order valence-corrected chi connectivity index (χ3v) is 14.1. The highest BCUT2D eigenvalue weighted by molar-refractivity contribution is 7.26. The van der Waals surface area contributed by atoms with Crippen LogP contribution in [0.5, 0.6) is 0 Å². The molecule has 12 rings (SSSR count). The molecule has 11 aromatic rings. The van der Waals surface area contributed by atoms with Gasteiger partial charge in [-0.3, -0.25) is 0 Å². The first-order valence-corrected chi connectivity index (χ1v) is 22.5. The van der Waals surface area contributed by atoms with Gasteiger partial charge in [0, 0.05) is 42.8 Å². The number of fused-ring (bicyclic) bond motifs is 7. The van der Waals surface area contributed by atoms with Crippen molar-refractivity contribution in [2.75, 3.05) is 4.90 Å². The van der Waals surface area contributed by atoms with Gasteiger partial charge in [-0.2, -0.15) is 0 Å². The Bertz CT molecular complexity index is 3310. The van der Waals surface area contributed by atoms with Crippen LogP contribution < -0.4 is 4.90 Å². The van der Waals surface area contributed by atoms with Crippen LogP contribution in [0, 0.1) is 0 Å². The SMILES string of the molecule is c1ccc(-c2ccc(N(c3cc(-c4ccccc4)cc(-c4ccccc4)c3)c3ccc4c(c3)C(c3ccccc3)(c3ccccc3)c3ccc5c(sc6ccccc65)c3-4)cc2)cc1. The van der Waals surface area contributed by atoms with Gasteiger partial charge in [0.1, 0.15) is 0 Å². The van der Waals surface area contributed by atoms with E-state index in [-0.39, 0.29) is 0 Å². The smallest absolute Gasteiger partial charge is 0.0714 e. The third-order valence-electron chi connectivity index (χ3n) is 12.9. The van der Waals surface area contributed by atoms with E-state index in [0.717, 1.165) is 17.1 Å². The van der Waals surface area contributed by atoms with Crippen LogP contribution in [-0.2, 0) is 5.41 Å². The molecule has 1 aliphatic carbocycles. The lowest BCUT2D eigenvalue weighted by Crippen LogP contribution is -2.28. The predicted molar refractivity (Wildman–Crippen MR) is 268 cm³/mol. The van der Waals surface area contributed by atoms with E-state index in [1.165, 1.54) is 86.9 Å². The van der Waals surface area contributed by atoms with Crippen molar-refractivity contribution in [3.63, 3.8) is 0 Å². The number of anilines is 3. The number of hydrogen-bond donors (Lipinski definition) is 0.